The second kappa shape index (κ2) is 8.19. The van der Waals surface area contributed by atoms with Gasteiger partial charge in [-0.25, -0.2) is 0 Å². The second-order valence-corrected chi connectivity index (χ2v) is 3.28. The van der Waals surface area contributed by atoms with Gasteiger partial charge in [0.2, 0.25) is 0 Å². The summed E-state index contributed by atoms with van der Waals surface area (Å²) >= 11 is 6.32. The molecule has 0 N–H and O–H groups in total. The Morgan fingerprint density at radius 2 is 1.92 bits per heavy atom. The van der Waals surface area contributed by atoms with E-state index in [4.69, 9.17) is 0 Å². The first-order chi connectivity index (χ1) is 6.22. The van der Waals surface area contributed by atoms with Crippen LogP contribution in [0.3, 0.4) is 0 Å². The van der Waals surface area contributed by atoms with Crippen LogP contribution in [0.15, 0.2) is 36.1 Å². The topological polar surface area (TPSA) is 43.1 Å². The molecule has 0 aliphatic heterocycles. The molecule has 0 unspecified atom stereocenters. The van der Waals surface area contributed by atoms with Gasteiger partial charge in [0.05, 0.1) is 4.92 Å². The number of allylic oxidation sites excluding steroid dienone is 5. The Morgan fingerprint density at radius 1 is 1.31 bits per heavy atom. The van der Waals surface area contributed by atoms with E-state index in [1.54, 1.807) is 18.2 Å². The molecule has 13 heavy (non-hydrogen) atoms. The molecule has 0 saturated carbocycles. The van der Waals surface area contributed by atoms with Crippen molar-refractivity contribution in [3.63, 3.8) is 0 Å². The van der Waals surface area contributed by atoms with Crippen molar-refractivity contribution in [3.05, 3.63) is 46.2 Å². The molecule has 72 valence electrons. The molecule has 0 heterocycles. The molecule has 0 fully saturated rings. The minimum atomic E-state index is -0.419. The molecular formula is C8H9Br2NO2. The highest BCUT2D eigenvalue weighted by Crippen LogP contribution is 1.99. The van der Waals surface area contributed by atoms with E-state index in [1.807, 2.05) is 0 Å². The largest absolute Gasteiger partial charge is 0.269 e. The molecule has 0 aliphatic carbocycles. The van der Waals surface area contributed by atoms with Crippen LogP contribution in [0.4, 0.5) is 0 Å². The van der Waals surface area contributed by atoms with Gasteiger partial charge in [-0.05, 0) is 0 Å². The smallest absolute Gasteiger partial charge is 0.258 e. The summed E-state index contributed by atoms with van der Waals surface area (Å²) in [6.07, 6.45) is 8.03. The lowest BCUT2D eigenvalue weighted by molar-refractivity contribution is -0.419. The lowest BCUT2D eigenvalue weighted by atomic mass is 10.3. The van der Waals surface area contributed by atoms with Crippen LogP contribution in [-0.4, -0.2) is 15.6 Å². The average molecular weight is 311 g/mol. The van der Waals surface area contributed by atoms with Gasteiger partial charge in [-0.2, -0.15) is 0 Å². The Kier molecular flexibility index (Phi) is 7.93. The maximum atomic E-state index is 10.4. The van der Waals surface area contributed by atoms with Gasteiger partial charge in [0.1, 0.15) is 0 Å². The minimum absolute atomic E-state index is 0.0802. The van der Waals surface area contributed by atoms with E-state index in [2.05, 4.69) is 31.9 Å². The minimum Gasteiger partial charge on any atom is -0.258 e. The van der Waals surface area contributed by atoms with Crippen molar-refractivity contribution in [3.8, 4) is 0 Å². The molecule has 0 saturated heterocycles. The number of hydrogen-bond donors (Lipinski definition) is 0. The summed E-state index contributed by atoms with van der Waals surface area (Å²) in [7, 11) is 0. The lowest BCUT2D eigenvalue weighted by Crippen LogP contribution is -1.94. The predicted molar refractivity (Wildman–Crippen MR) is 60.9 cm³/mol. The number of rotatable bonds is 5. The standard InChI is InChI=1S/C8H9Br2NO2/c9-6-2-1-4-8(11(12)13)5-3-7-10/h1-5H,6-7H2/b2-1+,5-3+,8-4+. The molecule has 0 bridgehead atoms. The predicted octanol–water partition coefficient (Wildman–Crippen LogP) is 3.05. The molecular weight excluding hydrogens is 302 g/mol. The summed E-state index contributed by atoms with van der Waals surface area (Å²) in [6.45, 7) is 0. The fraction of sp³-hybridized carbons (Fsp3) is 0.250. The SMILES string of the molecule is O=[N+]([O-])C(/C=C/CBr)=C/C=C/CBr. The maximum Gasteiger partial charge on any atom is 0.269 e. The van der Waals surface area contributed by atoms with E-state index in [-0.39, 0.29) is 5.70 Å². The van der Waals surface area contributed by atoms with Gasteiger partial charge >= 0.3 is 0 Å². The third kappa shape index (κ3) is 6.72. The molecule has 0 amide bonds. The summed E-state index contributed by atoms with van der Waals surface area (Å²) in [5, 5.41) is 11.7. The molecule has 0 radical (unpaired) electrons. The number of hydrogen-bond acceptors (Lipinski definition) is 2. The van der Waals surface area contributed by atoms with Gasteiger partial charge in [0.25, 0.3) is 5.70 Å². The van der Waals surface area contributed by atoms with Crippen LogP contribution in [0.2, 0.25) is 0 Å². The molecule has 0 aliphatic rings. The fourth-order valence-corrected chi connectivity index (χ4v) is 0.963. The number of alkyl halides is 2. The highest BCUT2D eigenvalue weighted by Gasteiger charge is 2.01. The Labute approximate surface area is 93.6 Å². The lowest BCUT2D eigenvalue weighted by Gasteiger charge is -1.87. The van der Waals surface area contributed by atoms with Crippen LogP contribution in [0, 0.1) is 10.1 Å². The highest BCUT2D eigenvalue weighted by molar-refractivity contribution is 9.09. The molecule has 0 aromatic heterocycles. The van der Waals surface area contributed by atoms with Crippen LogP contribution in [0.5, 0.6) is 0 Å². The summed E-state index contributed by atoms with van der Waals surface area (Å²) in [6, 6.07) is 0. The summed E-state index contributed by atoms with van der Waals surface area (Å²) in [5.74, 6) is 0. The average Bonchev–Trinajstić information content (AvgIpc) is 2.10. The maximum absolute atomic E-state index is 10.4. The number of nitro groups is 1. The second-order valence-electron chi connectivity index (χ2n) is 1.99. The van der Waals surface area contributed by atoms with Crippen molar-refractivity contribution in [2.24, 2.45) is 0 Å². The van der Waals surface area contributed by atoms with Gasteiger partial charge in [-0.3, -0.25) is 10.1 Å². The zero-order chi connectivity index (χ0) is 10.1. The molecule has 0 rings (SSSR count). The molecule has 5 heteroatoms. The van der Waals surface area contributed by atoms with Crippen molar-refractivity contribution in [1.82, 2.24) is 0 Å². The molecule has 0 aromatic carbocycles. The Bertz CT molecular complexity index is 247. The van der Waals surface area contributed by atoms with Crippen molar-refractivity contribution in [2.45, 2.75) is 0 Å². The van der Waals surface area contributed by atoms with Crippen LogP contribution in [-0.2, 0) is 0 Å². The van der Waals surface area contributed by atoms with E-state index in [1.165, 1.54) is 12.2 Å². The fourth-order valence-electron chi connectivity index (χ4n) is 0.561. The molecule has 0 atom stereocenters. The third-order valence-electron chi connectivity index (χ3n) is 1.08. The van der Waals surface area contributed by atoms with Gasteiger partial charge in [-0.15, -0.1) is 0 Å². The normalized spacial score (nSPS) is 12.9. The molecule has 0 spiro atoms. The number of halogens is 2. The van der Waals surface area contributed by atoms with Gasteiger partial charge < -0.3 is 0 Å². The molecule has 0 aromatic rings. The van der Waals surface area contributed by atoms with Gasteiger partial charge in [0, 0.05) is 22.8 Å². The zero-order valence-electron chi connectivity index (χ0n) is 6.82. The first-order valence-electron chi connectivity index (χ1n) is 3.52. The highest BCUT2D eigenvalue weighted by atomic mass is 79.9. The first kappa shape index (κ1) is 12.6. The van der Waals surface area contributed by atoms with Crippen LogP contribution in [0.1, 0.15) is 0 Å². The molecule has 3 nitrogen and oxygen atoms in total. The Balaban J connectivity index is 4.41. The third-order valence-corrected chi connectivity index (χ3v) is 1.83. The summed E-state index contributed by atoms with van der Waals surface area (Å²) < 4.78 is 0. The van der Waals surface area contributed by atoms with Crippen molar-refractivity contribution >= 4 is 31.9 Å². The van der Waals surface area contributed by atoms with Crippen LogP contribution >= 0.6 is 31.9 Å². The van der Waals surface area contributed by atoms with Crippen molar-refractivity contribution < 1.29 is 4.92 Å². The van der Waals surface area contributed by atoms with E-state index in [0.29, 0.717) is 10.7 Å². The van der Waals surface area contributed by atoms with Crippen LogP contribution < -0.4 is 0 Å². The van der Waals surface area contributed by atoms with Crippen molar-refractivity contribution in [1.29, 1.82) is 0 Å². The van der Waals surface area contributed by atoms with E-state index >= 15 is 0 Å². The zero-order valence-corrected chi connectivity index (χ0v) is 9.99. The van der Waals surface area contributed by atoms with E-state index in [0.717, 1.165) is 0 Å². The Hall–Kier alpha value is -0.420. The van der Waals surface area contributed by atoms with E-state index in [9.17, 15) is 10.1 Å². The Morgan fingerprint density at radius 3 is 2.38 bits per heavy atom. The van der Waals surface area contributed by atoms with Gasteiger partial charge in [0.15, 0.2) is 0 Å². The van der Waals surface area contributed by atoms with E-state index < -0.39 is 4.92 Å². The first-order valence-corrected chi connectivity index (χ1v) is 5.76. The van der Waals surface area contributed by atoms with Crippen molar-refractivity contribution in [2.75, 3.05) is 10.7 Å². The monoisotopic (exact) mass is 309 g/mol. The van der Waals surface area contributed by atoms with Gasteiger partial charge in [-0.1, -0.05) is 50.1 Å². The quantitative estimate of drug-likeness (QED) is 0.339. The number of nitrogens with zero attached hydrogens (tertiary/aromatic N) is 1. The summed E-state index contributed by atoms with van der Waals surface area (Å²) in [4.78, 5) is 10.0. The summed E-state index contributed by atoms with van der Waals surface area (Å²) in [5.41, 5.74) is 0.0802. The van der Waals surface area contributed by atoms with Crippen LogP contribution in [0.25, 0.3) is 0 Å².